The molecule has 2 bridgehead atoms. The van der Waals surface area contributed by atoms with Gasteiger partial charge in [-0.1, -0.05) is 19.6 Å². The summed E-state index contributed by atoms with van der Waals surface area (Å²) in [5, 5.41) is 0. The van der Waals surface area contributed by atoms with Crippen LogP contribution in [0.4, 0.5) is 0 Å². The van der Waals surface area contributed by atoms with Crippen LogP contribution in [0, 0.1) is 47.3 Å². The van der Waals surface area contributed by atoms with Gasteiger partial charge in [0.1, 0.15) is 0 Å². The molecule has 8 atom stereocenters. The third kappa shape index (κ3) is 5.47. The fraction of sp³-hybridized carbons (Fsp3) is 0.778. The van der Waals surface area contributed by atoms with E-state index < -0.39 is 0 Å². The van der Waals surface area contributed by atoms with Crippen molar-refractivity contribution in [1.82, 2.24) is 0 Å². The first kappa shape index (κ1) is 23.5. The van der Waals surface area contributed by atoms with E-state index in [4.69, 9.17) is 14.2 Å². The van der Waals surface area contributed by atoms with Crippen molar-refractivity contribution in [2.24, 2.45) is 47.3 Å². The van der Waals surface area contributed by atoms with E-state index in [1.807, 2.05) is 0 Å². The Labute approximate surface area is 192 Å². The van der Waals surface area contributed by atoms with Gasteiger partial charge in [-0.15, -0.1) is 0 Å². The van der Waals surface area contributed by atoms with Crippen molar-refractivity contribution < 1.29 is 23.8 Å². The molecule has 5 heteroatoms. The molecule has 0 N–H and O–H groups in total. The Morgan fingerprint density at radius 2 is 1.56 bits per heavy atom. The third-order valence-electron chi connectivity index (χ3n) is 8.71. The molecule has 8 unspecified atom stereocenters. The Balaban J connectivity index is 1.16. The maximum atomic E-state index is 11.7. The number of carbonyl (C=O) groups is 2. The topological polar surface area (TPSA) is 61.8 Å². The molecule has 32 heavy (non-hydrogen) atoms. The Hall–Kier alpha value is -1.62. The van der Waals surface area contributed by atoms with E-state index in [0.717, 1.165) is 49.7 Å². The van der Waals surface area contributed by atoms with Crippen LogP contribution < -0.4 is 0 Å². The summed E-state index contributed by atoms with van der Waals surface area (Å²) in [4.78, 5) is 23.0. The fourth-order valence-electron chi connectivity index (χ4n) is 7.32. The van der Waals surface area contributed by atoms with E-state index >= 15 is 0 Å². The summed E-state index contributed by atoms with van der Waals surface area (Å²) in [6, 6.07) is 0. The minimum absolute atomic E-state index is 0.272. The molecule has 4 fully saturated rings. The van der Waals surface area contributed by atoms with Gasteiger partial charge in [-0.3, -0.25) is 0 Å². The van der Waals surface area contributed by atoms with Crippen molar-refractivity contribution >= 4 is 11.9 Å². The summed E-state index contributed by atoms with van der Waals surface area (Å²) in [5.74, 6) is 4.98. The van der Waals surface area contributed by atoms with Crippen LogP contribution in [-0.4, -0.2) is 38.4 Å². The lowest BCUT2D eigenvalue weighted by molar-refractivity contribution is -0.141. The van der Waals surface area contributed by atoms with Crippen molar-refractivity contribution in [1.29, 1.82) is 0 Å². The summed E-state index contributed by atoms with van der Waals surface area (Å²) in [7, 11) is 0. The number of rotatable bonds is 10. The van der Waals surface area contributed by atoms with Crippen LogP contribution in [0.2, 0.25) is 0 Å². The Morgan fingerprint density at radius 1 is 0.844 bits per heavy atom. The zero-order valence-corrected chi connectivity index (χ0v) is 19.6. The molecule has 0 aromatic rings. The highest BCUT2D eigenvalue weighted by molar-refractivity contribution is 5.86. The molecule has 4 aliphatic carbocycles. The van der Waals surface area contributed by atoms with Gasteiger partial charge in [-0.25, -0.2) is 9.59 Å². The lowest BCUT2D eigenvalue weighted by Crippen LogP contribution is -2.29. The first-order valence-electron chi connectivity index (χ1n) is 12.6. The smallest absolute Gasteiger partial charge is 0.333 e. The highest BCUT2D eigenvalue weighted by atomic mass is 16.5. The monoisotopic (exact) mass is 444 g/mol. The van der Waals surface area contributed by atoms with Crippen LogP contribution >= 0.6 is 0 Å². The van der Waals surface area contributed by atoms with Crippen LogP contribution in [0.3, 0.4) is 0 Å². The molecular formula is C27H40O5. The molecule has 178 valence electrons. The predicted molar refractivity (Wildman–Crippen MR) is 123 cm³/mol. The van der Waals surface area contributed by atoms with E-state index in [-0.39, 0.29) is 11.9 Å². The van der Waals surface area contributed by atoms with Gasteiger partial charge in [-0.2, -0.15) is 0 Å². The molecule has 0 radical (unpaired) electrons. The van der Waals surface area contributed by atoms with Gasteiger partial charge in [0, 0.05) is 24.9 Å². The van der Waals surface area contributed by atoms with E-state index in [9.17, 15) is 9.59 Å². The van der Waals surface area contributed by atoms with E-state index in [1.165, 1.54) is 44.6 Å². The number of hydrogen-bond donors (Lipinski definition) is 0. The molecular weight excluding hydrogens is 404 g/mol. The Kier molecular flexibility index (Phi) is 7.75. The van der Waals surface area contributed by atoms with Gasteiger partial charge in [0.25, 0.3) is 0 Å². The van der Waals surface area contributed by atoms with Crippen molar-refractivity contribution in [3.8, 4) is 0 Å². The van der Waals surface area contributed by atoms with Crippen molar-refractivity contribution in [3.05, 3.63) is 24.8 Å². The first-order chi connectivity index (χ1) is 15.4. The van der Waals surface area contributed by atoms with Crippen molar-refractivity contribution in [2.75, 3.05) is 26.4 Å². The van der Waals surface area contributed by atoms with Gasteiger partial charge in [0.2, 0.25) is 0 Å². The average Bonchev–Trinajstić information content (AvgIpc) is 3.48. The first-order valence-corrected chi connectivity index (χ1v) is 12.6. The zero-order valence-electron chi connectivity index (χ0n) is 19.6. The molecule has 0 aromatic carbocycles. The molecule has 5 nitrogen and oxygen atoms in total. The molecule has 0 amide bonds. The van der Waals surface area contributed by atoms with Gasteiger partial charge in [0.15, 0.2) is 0 Å². The largest absolute Gasteiger partial charge is 0.462 e. The van der Waals surface area contributed by atoms with E-state index in [2.05, 4.69) is 13.2 Å². The zero-order chi connectivity index (χ0) is 22.7. The van der Waals surface area contributed by atoms with Crippen LogP contribution in [0.1, 0.15) is 58.3 Å². The van der Waals surface area contributed by atoms with Crippen molar-refractivity contribution in [2.45, 2.75) is 58.3 Å². The number of fused-ring (bicyclic) bond motifs is 5. The molecule has 4 aliphatic rings. The molecule has 0 aromatic heterocycles. The fourth-order valence-corrected chi connectivity index (χ4v) is 7.32. The Bertz CT molecular complexity index is 715. The third-order valence-corrected chi connectivity index (χ3v) is 8.71. The van der Waals surface area contributed by atoms with E-state index in [1.54, 1.807) is 6.92 Å². The second kappa shape index (κ2) is 10.5. The second-order valence-corrected chi connectivity index (χ2v) is 11.0. The highest BCUT2D eigenvalue weighted by Crippen LogP contribution is 2.62. The molecule has 0 heterocycles. The molecule has 4 saturated carbocycles. The predicted octanol–water partition coefficient (Wildman–Crippen LogP) is 4.96. The molecule has 0 saturated heterocycles. The molecule has 0 spiro atoms. The maximum Gasteiger partial charge on any atom is 0.333 e. The lowest BCUT2D eigenvalue weighted by Gasteiger charge is -2.32. The van der Waals surface area contributed by atoms with Crippen LogP contribution in [0.15, 0.2) is 24.8 Å². The number of esters is 2. The van der Waals surface area contributed by atoms with Gasteiger partial charge < -0.3 is 14.2 Å². The van der Waals surface area contributed by atoms with Crippen LogP contribution in [0.25, 0.3) is 0 Å². The summed E-state index contributed by atoms with van der Waals surface area (Å²) in [5.41, 5.74) is 0.472. The SMILES string of the molecule is C=CC(=O)OCC1CC2C3CC(COCC4CCCC(COC(=O)C(=C)C)C4)C(C3)C2C1. The molecule has 0 aliphatic heterocycles. The quantitative estimate of drug-likeness (QED) is 0.352. The maximum absolute atomic E-state index is 11.7. The standard InChI is InChI=1S/C27H40O5/c1-4-26(28)31-15-20-9-23-21-11-22(24(12-21)25(23)10-20)16-30-13-18-6-5-7-19(8-18)14-32-27(29)17(2)3/h4,18-25H,1-2,5-16H2,3H3. The summed E-state index contributed by atoms with van der Waals surface area (Å²) >= 11 is 0. The van der Waals surface area contributed by atoms with Gasteiger partial charge in [-0.05, 0) is 99.2 Å². The summed E-state index contributed by atoms with van der Waals surface area (Å²) in [6.45, 7) is 11.6. The van der Waals surface area contributed by atoms with Crippen LogP contribution in [0.5, 0.6) is 0 Å². The Morgan fingerprint density at radius 3 is 2.31 bits per heavy atom. The summed E-state index contributed by atoms with van der Waals surface area (Å²) < 4.78 is 17.0. The number of ether oxygens (including phenoxy) is 3. The van der Waals surface area contributed by atoms with Crippen LogP contribution in [-0.2, 0) is 23.8 Å². The highest BCUT2D eigenvalue weighted by Gasteiger charge is 2.55. The normalized spacial score (nSPS) is 37.7. The van der Waals surface area contributed by atoms with Gasteiger partial charge in [0.05, 0.1) is 13.2 Å². The number of hydrogen-bond acceptors (Lipinski definition) is 5. The lowest BCUT2D eigenvalue weighted by atomic mass is 9.76. The second-order valence-electron chi connectivity index (χ2n) is 11.0. The average molecular weight is 445 g/mol. The van der Waals surface area contributed by atoms with E-state index in [0.29, 0.717) is 42.5 Å². The minimum Gasteiger partial charge on any atom is -0.462 e. The van der Waals surface area contributed by atoms with Gasteiger partial charge >= 0.3 is 11.9 Å². The number of carbonyl (C=O) groups excluding carboxylic acids is 2. The van der Waals surface area contributed by atoms with Crippen molar-refractivity contribution in [3.63, 3.8) is 0 Å². The summed E-state index contributed by atoms with van der Waals surface area (Å²) in [6.07, 6.45) is 11.0. The molecule has 4 rings (SSSR count). The minimum atomic E-state index is -0.296.